The summed E-state index contributed by atoms with van der Waals surface area (Å²) < 4.78 is 41.4. The van der Waals surface area contributed by atoms with E-state index in [1.54, 1.807) is 6.07 Å². The maximum absolute atomic E-state index is 14.2. The van der Waals surface area contributed by atoms with Crippen LogP contribution in [-0.4, -0.2) is 26.3 Å². The number of ketones is 1. The first kappa shape index (κ1) is 20.1. The van der Waals surface area contributed by atoms with E-state index in [1.807, 2.05) is 0 Å². The Kier molecular flexibility index (Phi) is 5.52. The summed E-state index contributed by atoms with van der Waals surface area (Å²) in [5.41, 5.74) is 1.04. The van der Waals surface area contributed by atoms with E-state index >= 15 is 0 Å². The molecule has 3 aromatic rings. The topological polar surface area (TPSA) is 76.4 Å². The first-order valence-electron chi connectivity index (χ1n) is 9.62. The molecular weight excluding hydrogens is 397 g/mol. The van der Waals surface area contributed by atoms with Crippen LogP contribution in [0, 0.1) is 5.82 Å². The minimum absolute atomic E-state index is 0.0194. The van der Waals surface area contributed by atoms with Crippen molar-refractivity contribution in [3.05, 3.63) is 64.9 Å². The Morgan fingerprint density at radius 3 is 2.77 bits per heavy atom. The van der Waals surface area contributed by atoms with Gasteiger partial charge in [-0.15, -0.1) is 0 Å². The zero-order chi connectivity index (χ0) is 21.3. The standard InChI is InChI=1S/C21H19F3N4O2/c22-18-13(2-1-3-16(18)19(23)24)9-25-21(30)14-8-17(12-4-6-15(29)7-5-12)20-26-11-27-28(20)10-14/h1-3,8,10-12,19H,4-7,9H2,(H,25,30). The average Bonchev–Trinajstić information content (AvgIpc) is 3.21. The number of nitrogens with one attached hydrogen (secondary N) is 1. The van der Waals surface area contributed by atoms with Gasteiger partial charge in [0, 0.05) is 36.7 Å². The molecule has 1 amide bonds. The minimum Gasteiger partial charge on any atom is -0.348 e. The molecule has 4 rings (SSSR count). The van der Waals surface area contributed by atoms with Gasteiger partial charge >= 0.3 is 0 Å². The summed E-state index contributed by atoms with van der Waals surface area (Å²) in [5, 5.41) is 6.69. The number of pyridine rings is 1. The molecule has 0 bridgehead atoms. The fourth-order valence-corrected chi connectivity index (χ4v) is 3.81. The highest BCUT2D eigenvalue weighted by Crippen LogP contribution is 2.33. The number of nitrogens with zero attached hydrogens (tertiary/aromatic N) is 3. The van der Waals surface area contributed by atoms with Crippen molar-refractivity contribution in [3.8, 4) is 0 Å². The van der Waals surface area contributed by atoms with Gasteiger partial charge in [0.15, 0.2) is 5.65 Å². The van der Waals surface area contributed by atoms with E-state index in [1.165, 1.54) is 29.2 Å². The van der Waals surface area contributed by atoms with Crippen molar-refractivity contribution in [1.29, 1.82) is 0 Å². The maximum Gasteiger partial charge on any atom is 0.266 e. The van der Waals surface area contributed by atoms with Gasteiger partial charge in [-0.1, -0.05) is 18.2 Å². The molecule has 0 spiro atoms. The number of hydrogen-bond acceptors (Lipinski definition) is 4. The third-order valence-corrected chi connectivity index (χ3v) is 5.43. The van der Waals surface area contributed by atoms with Crippen LogP contribution >= 0.6 is 0 Å². The van der Waals surface area contributed by atoms with Crippen LogP contribution in [-0.2, 0) is 11.3 Å². The lowest BCUT2D eigenvalue weighted by Crippen LogP contribution is -2.24. The van der Waals surface area contributed by atoms with Crippen LogP contribution in [0.1, 0.15) is 65.1 Å². The third-order valence-electron chi connectivity index (χ3n) is 5.43. The molecule has 6 nitrogen and oxygen atoms in total. The molecule has 0 radical (unpaired) electrons. The van der Waals surface area contributed by atoms with E-state index in [9.17, 15) is 22.8 Å². The molecule has 0 unspecified atom stereocenters. The largest absolute Gasteiger partial charge is 0.348 e. The van der Waals surface area contributed by atoms with E-state index in [2.05, 4.69) is 15.4 Å². The first-order chi connectivity index (χ1) is 14.4. The molecule has 9 heteroatoms. The van der Waals surface area contributed by atoms with Gasteiger partial charge in [0.1, 0.15) is 17.9 Å². The molecule has 1 aromatic carbocycles. The molecule has 0 saturated heterocycles. The molecule has 2 aromatic heterocycles. The van der Waals surface area contributed by atoms with Crippen molar-refractivity contribution in [3.63, 3.8) is 0 Å². The molecular formula is C21H19F3N4O2. The van der Waals surface area contributed by atoms with Crippen molar-refractivity contribution in [2.75, 3.05) is 0 Å². The first-order valence-corrected chi connectivity index (χ1v) is 9.62. The molecule has 1 aliphatic rings. The summed E-state index contributed by atoms with van der Waals surface area (Å²) in [6.45, 7) is -0.228. The van der Waals surface area contributed by atoms with Gasteiger partial charge in [-0.3, -0.25) is 9.59 Å². The molecule has 1 aliphatic carbocycles. The van der Waals surface area contributed by atoms with E-state index in [0.29, 0.717) is 36.9 Å². The number of fused-ring (bicyclic) bond motifs is 1. The highest BCUT2D eigenvalue weighted by molar-refractivity contribution is 5.94. The van der Waals surface area contributed by atoms with Crippen molar-refractivity contribution >= 4 is 17.3 Å². The summed E-state index contributed by atoms with van der Waals surface area (Å²) in [6, 6.07) is 5.42. The maximum atomic E-state index is 14.2. The number of carbonyl (C=O) groups is 2. The van der Waals surface area contributed by atoms with Crippen molar-refractivity contribution in [1.82, 2.24) is 19.9 Å². The number of Topliss-reactive ketones (excluding diaryl/α,β-unsaturated/α-hetero) is 1. The van der Waals surface area contributed by atoms with E-state index in [0.717, 1.165) is 11.6 Å². The Morgan fingerprint density at radius 2 is 2.03 bits per heavy atom. The zero-order valence-electron chi connectivity index (χ0n) is 15.9. The van der Waals surface area contributed by atoms with Crippen molar-refractivity contribution in [2.45, 2.75) is 44.6 Å². The second kappa shape index (κ2) is 8.25. The number of benzene rings is 1. The molecule has 1 fully saturated rings. The lowest BCUT2D eigenvalue weighted by molar-refractivity contribution is -0.120. The summed E-state index contributed by atoms with van der Waals surface area (Å²) >= 11 is 0. The van der Waals surface area contributed by atoms with Crippen molar-refractivity contribution < 1.29 is 22.8 Å². The van der Waals surface area contributed by atoms with Crippen LogP contribution in [0.2, 0.25) is 0 Å². The molecule has 1 saturated carbocycles. The Hall–Kier alpha value is -3.23. The minimum atomic E-state index is -2.93. The van der Waals surface area contributed by atoms with Crippen LogP contribution in [0.5, 0.6) is 0 Å². The average molecular weight is 416 g/mol. The fraction of sp³-hybridized carbons (Fsp3) is 0.333. The smallest absolute Gasteiger partial charge is 0.266 e. The second-order valence-corrected chi connectivity index (χ2v) is 7.33. The summed E-state index contributed by atoms with van der Waals surface area (Å²) in [4.78, 5) is 28.5. The second-order valence-electron chi connectivity index (χ2n) is 7.33. The Bertz CT molecular complexity index is 1100. The van der Waals surface area contributed by atoms with Crippen LogP contribution < -0.4 is 5.32 Å². The van der Waals surface area contributed by atoms with E-state index in [4.69, 9.17) is 0 Å². The van der Waals surface area contributed by atoms with Crippen LogP contribution in [0.25, 0.3) is 5.65 Å². The normalized spacial score (nSPS) is 15.1. The van der Waals surface area contributed by atoms with Gasteiger partial charge < -0.3 is 5.32 Å². The lowest BCUT2D eigenvalue weighted by atomic mass is 9.83. The van der Waals surface area contributed by atoms with Crippen LogP contribution in [0.15, 0.2) is 36.8 Å². The highest BCUT2D eigenvalue weighted by atomic mass is 19.3. The quantitative estimate of drug-likeness (QED) is 0.683. The Morgan fingerprint density at radius 1 is 1.27 bits per heavy atom. The monoisotopic (exact) mass is 416 g/mol. The molecule has 2 heterocycles. The molecule has 0 aliphatic heterocycles. The highest BCUT2D eigenvalue weighted by Gasteiger charge is 2.24. The summed E-state index contributed by atoms with van der Waals surface area (Å²) in [5.74, 6) is -1.19. The van der Waals surface area contributed by atoms with E-state index < -0.39 is 23.7 Å². The summed E-state index contributed by atoms with van der Waals surface area (Å²) in [7, 11) is 0. The number of alkyl halides is 2. The number of rotatable bonds is 5. The Balaban J connectivity index is 1.57. The van der Waals surface area contributed by atoms with Gasteiger partial charge in [0.2, 0.25) is 0 Å². The lowest BCUT2D eigenvalue weighted by Gasteiger charge is -2.22. The number of carbonyl (C=O) groups excluding carboxylic acids is 2. The Labute approximate surface area is 170 Å². The van der Waals surface area contributed by atoms with Gasteiger partial charge in [0.05, 0.1) is 11.1 Å². The number of hydrogen-bond donors (Lipinski definition) is 1. The fourth-order valence-electron chi connectivity index (χ4n) is 3.81. The number of aromatic nitrogens is 3. The van der Waals surface area contributed by atoms with Crippen LogP contribution in [0.3, 0.4) is 0 Å². The molecule has 156 valence electrons. The SMILES string of the molecule is O=C1CCC(c2cc(C(=O)NCc3cccc(C(F)F)c3F)cn3ncnc23)CC1. The third kappa shape index (κ3) is 3.92. The molecule has 1 N–H and O–H groups in total. The zero-order valence-corrected chi connectivity index (χ0v) is 15.9. The van der Waals surface area contributed by atoms with Gasteiger partial charge in [-0.2, -0.15) is 5.10 Å². The predicted molar refractivity (Wildman–Crippen MR) is 102 cm³/mol. The van der Waals surface area contributed by atoms with E-state index in [-0.39, 0.29) is 23.8 Å². The van der Waals surface area contributed by atoms with Gasteiger partial charge in [0.25, 0.3) is 12.3 Å². The number of amides is 1. The van der Waals surface area contributed by atoms with Crippen molar-refractivity contribution in [2.24, 2.45) is 0 Å². The number of halogens is 3. The molecule has 30 heavy (non-hydrogen) atoms. The van der Waals surface area contributed by atoms with Crippen LogP contribution in [0.4, 0.5) is 13.2 Å². The molecule has 0 atom stereocenters. The summed E-state index contributed by atoms with van der Waals surface area (Å²) in [6.07, 6.45) is 2.31. The van der Waals surface area contributed by atoms with Gasteiger partial charge in [-0.05, 0) is 24.8 Å². The van der Waals surface area contributed by atoms with Gasteiger partial charge in [-0.25, -0.2) is 22.7 Å². The predicted octanol–water partition coefficient (Wildman–Crippen LogP) is 3.96.